The van der Waals surface area contributed by atoms with Crippen LogP contribution in [0, 0.1) is 3.57 Å². The van der Waals surface area contributed by atoms with Crippen LogP contribution in [0.5, 0.6) is 5.75 Å². The Hall–Kier alpha value is -0.820. The molecule has 1 N–H and O–H groups in total. The molecule has 1 rings (SSSR count). The number of ether oxygens (including phenoxy) is 2. The van der Waals surface area contributed by atoms with Crippen molar-refractivity contribution in [3.63, 3.8) is 0 Å². The second kappa shape index (κ2) is 8.31. The largest absolute Gasteiger partial charge is 0.481 e. The smallest absolute Gasteiger partial charge is 0.260 e. The summed E-state index contributed by atoms with van der Waals surface area (Å²) in [6.07, 6.45) is 0.309. The van der Waals surface area contributed by atoms with E-state index in [9.17, 15) is 4.79 Å². The van der Waals surface area contributed by atoms with Gasteiger partial charge in [-0.3, -0.25) is 4.79 Å². The van der Waals surface area contributed by atoms with Crippen LogP contribution in [0.15, 0.2) is 24.3 Å². The Bertz CT molecular complexity index is 384. The average Bonchev–Trinajstić information content (AvgIpc) is 2.34. The lowest BCUT2D eigenvalue weighted by atomic mass is 10.3. The summed E-state index contributed by atoms with van der Waals surface area (Å²) in [6, 6.07) is 7.62. The molecule has 0 saturated carbocycles. The summed E-state index contributed by atoms with van der Waals surface area (Å²) >= 11 is 2.21. The van der Waals surface area contributed by atoms with Crippen molar-refractivity contribution in [2.75, 3.05) is 20.3 Å². The molecular formula is C13H18INO3. The third-order valence-electron chi connectivity index (χ3n) is 2.30. The zero-order valence-corrected chi connectivity index (χ0v) is 12.8. The monoisotopic (exact) mass is 363 g/mol. The van der Waals surface area contributed by atoms with E-state index >= 15 is 0 Å². The molecule has 0 saturated heterocycles. The maximum Gasteiger partial charge on any atom is 0.260 e. The molecule has 0 heterocycles. The number of rotatable bonds is 7. The SMILES string of the molecule is COCCCNC(=O)C(C)Oc1cccc(I)c1. The van der Waals surface area contributed by atoms with E-state index in [1.807, 2.05) is 24.3 Å². The highest BCUT2D eigenvalue weighted by Gasteiger charge is 2.13. The lowest BCUT2D eigenvalue weighted by Crippen LogP contribution is -2.37. The van der Waals surface area contributed by atoms with Gasteiger partial charge in [-0.1, -0.05) is 6.07 Å². The summed E-state index contributed by atoms with van der Waals surface area (Å²) in [6.45, 7) is 2.99. The number of amides is 1. The Morgan fingerprint density at radius 3 is 2.94 bits per heavy atom. The molecule has 0 fully saturated rings. The molecule has 100 valence electrons. The van der Waals surface area contributed by atoms with Crippen LogP contribution in [0.1, 0.15) is 13.3 Å². The number of halogens is 1. The van der Waals surface area contributed by atoms with Gasteiger partial charge in [0.05, 0.1) is 0 Å². The molecule has 1 aromatic carbocycles. The summed E-state index contributed by atoms with van der Waals surface area (Å²) in [5.41, 5.74) is 0. The third kappa shape index (κ3) is 5.68. The minimum Gasteiger partial charge on any atom is -0.481 e. The standard InChI is InChI=1S/C13H18INO3/c1-10(13(16)15-7-4-8-17-2)18-12-6-3-5-11(14)9-12/h3,5-6,9-10H,4,7-8H2,1-2H3,(H,15,16). The summed E-state index contributed by atoms with van der Waals surface area (Å²) in [5.74, 6) is 0.603. The number of methoxy groups -OCH3 is 1. The Morgan fingerprint density at radius 2 is 2.28 bits per heavy atom. The van der Waals surface area contributed by atoms with Crippen LogP contribution in [0.25, 0.3) is 0 Å². The molecule has 1 amide bonds. The molecule has 0 aliphatic rings. The van der Waals surface area contributed by atoms with Gasteiger partial charge in [0.25, 0.3) is 5.91 Å². The van der Waals surface area contributed by atoms with E-state index in [4.69, 9.17) is 9.47 Å². The fourth-order valence-corrected chi connectivity index (χ4v) is 1.88. The van der Waals surface area contributed by atoms with Crippen LogP contribution in [-0.2, 0) is 9.53 Å². The van der Waals surface area contributed by atoms with Gasteiger partial charge < -0.3 is 14.8 Å². The Balaban J connectivity index is 2.35. The number of carbonyl (C=O) groups excluding carboxylic acids is 1. The van der Waals surface area contributed by atoms with Crippen LogP contribution in [-0.4, -0.2) is 32.3 Å². The summed E-state index contributed by atoms with van der Waals surface area (Å²) in [4.78, 5) is 11.7. The molecule has 0 aliphatic heterocycles. The highest BCUT2D eigenvalue weighted by molar-refractivity contribution is 14.1. The Kier molecular flexibility index (Phi) is 7.04. The van der Waals surface area contributed by atoms with E-state index in [1.54, 1.807) is 14.0 Å². The van der Waals surface area contributed by atoms with Gasteiger partial charge in [0.1, 0.15) is 5.75 Å². The molecule has 0 aromatic heterocycles. The minimum absolute atomic E-state index is 0.107. The van der Waals surface area contributed by atoms with Crippen LogP contribution >= 0.6 is 22.6 Å². The van der Waals surface area contributed by atoms with E-state index in [0.717, 1.165) is 9.99 Å². The zero-order chi connectivity index (χ0) is 13.4. The molecule has 0 aliphatic carbocycles. The quantitative estimate of drug-likeness (QED) is 0.597. The number of nitrogens with one attached hydrogen (secondary N) is 1. The van der Waals surface area contributed by atoms with E-state index in [1.165, 1.54) is 0 Å². The molecule has 1 unspecified atom stereocenters. The fourth-order valence-electron chi connectivity index (χ4n) is 1.37. The lowest BCUT2D eigenvalue weighted by Gasteiger charge is -2.14. The van der Waals surface area contributed by atoms with Crippen LogP contribution in [0.2, 0.25) is 0 Å². The molecule has 0 radical (unpaired) electrons. The summed E-state index contributed by atoms with van der Waals surface area (Å²) < 4.78 is 11.6. The molecular weight excluding hydrogens is 345 g/mol. The molecule has 0 bridgehead atoms. The Morgan fingerprint density at radius 1 is 1.50 bits per heavy atom. The second-order valence-electron chi connectivity index (χ2n) is 3.85. The van der Waals surface area contributed by atoms with Crippen molar-refractivity contribution in [1.29, 1.82) is 0 Å². The first-order valence-electron chi connectivity index (χ1n) is 5.82. The van der Waals surface area contributed by atoms with Gasteiger partial charge in [0.15, 0.2) is 6.10 Å². The molecule has 18 heavy (non-hydrogen) atoms. The van der Waals surface area contributed by atoms with Gasteiger partial charge in [-0.25, -0.2) is 0 Å². The van der Waals surface area contributed by atoms with Crippen molar-refractivity contribution in [3.8, 4) is 5.75 Å². The van der Waals surface area contributed by atoms with Crippen LogP contribution < -0.4 is 10.1 Å². The number of carbonyl (C=O) groups is 1. The van der Waals surface area contributed by atoms with Gasteiger partial charge >= 0.3 is 0 Å². The third-order valence-corrected chi connectivity index (χ3v) is 2.97. The van der Waals surface area contributed by atoms with E-state index < -0.39 is 6.10 Å². The topological polar surface area (TPSA) is 47.6 Å². The lowest BCUT2D eigenvalue weighted by molar-refractivity contribution is -0.127. The maximum atomic E-state index is 11.7. The minimum atomic E-state index is -0.495. The maximum absolute atomic E-state index is 11.7. The first-order chi connectivity index (χ1) is 8.63. The van der Waals surface area contributed by atoms with Gasteiger partial charge in [-0.15, -0.1) is 0 Å². The second-order valence-corrected chi connectivity index (χ2v) is 5.10. The van der Waals surface area contributed by atoms with Gasteiger partial charge in [-0.2, -0.15) is 0 Å². The summed E-state index contributed by atoms with van der Waals surface area (Å²) in [7, 11) is 1.64. The van der Waals surface area contributed by atoms with Gasteiger partial charge in [0.2, 0.25) is 0 Å². The van der Waals surface area contributed by atoms with E-state index in [2.05, 4.69) is 27.9 Å². The van der Waals surface area contributed by atoms with Crippen molar-refractivity contribution in [1.82, 2.24) is 5.32 Å². The van der Waals surface area contributed by atoms with Crippen molar-refractivity contribution >= 4 is 28.5 Å². The highest BCUT2D eigenvalue weighted by Crippen LogP contribution is 2.16. The van der Waals surface area contributed by atoms with E-state index in [0.29, 0.717) is 18.9 Å². The first kappa shape index (κ1) is 15.2. The normalized spacial score (nSPS) is 11.9. The number of hydrogen-bond acceptors (Lipinski definition) is 3. The number of benzene rings is 1. The Labute approximate surface area is 121 Å². The molecule has 1 atom stereocenters. The zero-order valence-electron chi connectivity index (χ0n) is 10.6. The van der Waals surface area contributed by atoms with Crippen LogP contribution in [0.3, 0.4) is 0 Å². The van der Waals surface area contributed by atoms with Crippen molar-refractivity contribution < 1.29 is 14.3 Å². The van der Waals surface area contributed by atoms with Crippen LogP contribution in [0.4, 0.5) is 0 Å². The van der Waals surface area contributed by atoms with Gasteiger partial charge in [0, 0.05) is 23.8 Å². The van der Waals surface area contributed by atoms with E-state index in [-0.39, 0.29) is 5.91 Å². The van der Waals surface area contributed by atoms with Gasteiger partial charge in [-0.05, 0) is 54.1 Å². The number of hydrogen-bond donors (Lipinski definition) is 1. The molecule has 5 heteroatoms. The highest BCUT2D eigenvalue weighted by atomic mass is 127. The first-order valence-corrected chi connectivity index (χ1v) is 6.90. The predicted molar refractivity (Wildman–Crippen MR) is 78.8 cm³/mol. The summed E-state index contributed by atoms with van der Waals surface area (Å²) in [5, 5.41) is 2.81. The average molecular weight is 363 g/mol. The van der Waals surface area contributed by atoms with Crippen molar-refractivity contribution in [2.45, 2.75) is 19.4 Å². The molecule has 1 aromatic rings. The predicted octanol–water partition coefficient (Wildman–Crippen LogP) is 2.21. The fraction of sp³-hybridized carbons (Fsp3) is 0.462. The van der Waals surface area contributed by atoms with Crippen molar-refractivity contribution in [3.05, 3.63) is 27.8 Å². The molecule has 4 nitrogen and oxygen atoms in total. The van der Waals surface area contributed by atoms with Crippen molar-refractivity contribution in [2.24, 2.45) is 0 Å². The molecule has 0 spiro atoms.